The van der Waals surface area contributed by atoms with Crippen LogP contribution in [0.5, 0.6) is 0 Å². The lowest BCUT2D eigenvalue weighted by molar-refractivity contribution is -0.142. The molecule has 0 aromatic heterocycles. The Morgan fingerprint density at radius 1 is 1.15 bits per heavy atom. The van der Waals surface area contributed by atoms with Crippen molar-refractivity contribution in [1.82, 2.24) is 20.2 Å². The van der Waals surface area contributed by atoms with E-state index in [0.717, 1.165) is 37.9 Å². The third kappa shape index (κ3) is 5.65. The van der Waals surface area contributed by atoms with Gasteiger partial charge in [0.2, 0.25) is 5.91 Å². The molecule has 0 saturated carbocycles. The molecule has 34 heavy (non-hydrogen) atoms. The molecule has 2 saturated heterocycles. The Bertz CT molecular complexity index is 894. The van der Waals surface area contributed by atoms with E-state index in [0.29, 0.717) is 24.1 Å². The summed E-state index contributed by atoms with van der Waals surface area (Å²) >= 11 is 0. The normalized spacial score (nSPS) is 24.7. The highest BCUT2D eigenvalue weighted by molar-refractivity contribution is 5.96. The number of amides is 2. The van der Waals surface area contributed by atoms with Crippen LogP contribution in [0, 0.1) is 18.8 Å². The van der Waals surface area contributed by atoms with Gasteiger partial charge in [-0.25, -0.2) is 5.43 Å². The maximum atomic E-state index is 13.5. The first kappa shape index (κ1) is 24.8. The van der Waals surface area contributed by atoms with Crippen molar-refractivity contribution >= 4 is 11.8 Å². The number of likely N-dealkylation sites (tertiary alicyclic amines) is 1. The van der Waals surface area contributed by atoms with Gasteiger partial charge in [-0.2, -0.15) is 0 Å². The smallest absolute Gasteiger partial charge is 0.271 e. The molecule has 2 fully saturated rings. The van der Waals surface area contributed by atoms with Crippen molar-refractivity contribution in [3.63, 3.8) is 0 Å². The number of hydrogen-bond donors (Lipinski definition) is 1. The fraction of sp³-hybridized carbons (Fsp3) is 0.643. The lowest BCUT2D eigenvalue weighted by Crippen LogP contribution is -2.58. The second-order valence-electron chi connectivity index (χ2n) is 10.9. The summed E-state index contributed by atoms with van der Waals surface area (Å²) in [7, 11) is 0. The van der Waals surface area contributed by atoms with Crippen LogP contribution in [0.4, 0.5) is 0 Å². The second kappa shape index (κ2) is 10.9. The molecule has 3 aliphatic rings. The standard InChI is InChI=1S/C28H42N4O2/c1-5-6-7-8-24-18-31(19-27(33)30-14-13-22(17-30)15-20(2)3)28(34)26-16-25(29-32(24)26)23-11-9-21(4)10-12-23/h9-12,16,20,22,24-25,29H,5-8,13-15,17-19H2,1-4H3. The minimum atomic E-state index is -0.0277. The van der Waals surface area contributed by atoms with Crippen LogP contribution in [0.25, 0.3) is 0 Å². The van der Waals surface area contributed by atoms with Crippen molar-refractivity contribution in [3.05, 3.63) is 47.2 Å². The number of hydrogen-bond acceptors (Lipinski definition) is 4. The summed E-state index contributed by atoms with van der Waals surface area (Å²) in [5.74, 6) is 1.32. The van der Waals surface area contributed by atoms with E-state index in [-0.39, 0.29) is 30.4 Å². The van der Waals surface area contributed by atoms with Gasteiger partial charge in [-0.3, -0.25) is 14.6 Å². The van der Waals surface area contributed by atoms with Crippen molar-refractivity contribution in [2.45, 2.75) is 78.3 Å². The third-order valence-electron chi connectivity index (χ3n) is 7.51. The zero-order chi connectivity index (χ0) is 24.2. The van der Waals surface area contributed by atoms with E-state index in [9.17, 15) is 9.59 Å². The van der Waals surface area contributed by atoms with Gasteiger partial charge < -0.3 is 9.80 Å². The molecule has 0 spiro atoms. The third-order valence-corrected chi connectivity index (χ3v) is 7.51. The van der Waals surface area contributed by atoms with Crippen LogP contribution < -0.4 is 5.43 Å². The summed E-state index contributed by atoms with van der Waals surface area (Å²) in [4.78, 5) is 30.4. The Hall–Kier alpha value is -2.34. The van der Waals surface area contributed by atoms with Gasteiger partial charge in [0.15, 0.2) is 0 Å². The Morgan fingerprint density at radius 2 is 1.91 bits per heavy atom. The van der Waals surface area contributed by atoms with Crippen molar-refractivity contribution < 1.29 is 9.59 Å². The fourth-order valence-electron chi connectivity index (χ4n) is 5.66. The minimum Gasteiger partial charge on any atom is -0.341 e. The first-order chi connectivity index (χ1) is 16.4. The van der Waals surface area contributed by atoms with Gasteiger partial charge in [0.1, 0.15) is 12.2 Å². The van der Waals surface area contributed by atoms with Gasteiger partial charge >= 0.3 is 0 Å². The molecule has 1 aromatic carbocycles. The highest BCUT2D eigenvalue weighted by atomic mass is 16.2. The average molecular weight is 467 g/mol. The molecule has 3 atom stereocenters. The molecule has 6 heteroatoms. The highest BCUT2D eigenvalue weighted by Gasteiger charge is 2.41. The number of aryl methyl sites for hydroxylation is 1. The number of rotatable bonds is 9. The van der Waals surface area contributed by atoms with Gasteiger partial charge in [0.25, 0.3) is 5.91 Å². The van der Waals surface area contributed by atoms with E-state index in [2.05, 4.69) is 62.4 Å². The van der Waals surface area contributed by atoms with Gasteiger partial charge in [-0.1, -0.05) is 69.9 Å². The Balaban J connectivity index is 1.46. The molecule has 0 radical (unpaired) electrons. The molecule has 3 aliphatic heterocycles. The Kier molecular flexibility index (Phi) is 7.97. The van der Waals surface area contributed by atoms with Gasteiger partial charge in [-0.05, 0) is 49.7 Å². The van der Waals surface area contributed by atoms with Crippen LogP contribution in [0.1, 0.15) is 76.5 Å². The number of carbonyl (C=O) groups is 2. The predicted octanol–water partition coefficient (Wildman–Crippen LogP) is 4.43. The van der Waals surface area contributed by atoms with Gasteiger partial charge in [0, 0.05) is 19.6 Å². The first-order valence-electron chi connectivity index (χ1n) is 13.3. The molecular weight excluding hydrogens is 424 g/mol. The van der Waals surface area contributed by atoms with Crippen molar-refractivity contribution in [3.8, 4) is 0 Å². The van der Waals surface area contributed by atoms with E-state index in [1.807, 2.05) is 11.0 Å². The quantitative estimate of drug-likeness (QED) is 0.547. The number of nitrogens with one attached hydrogen (secondary N) is 1. The summed E-state index contributed by atoms with van der Waals surface area (Å²) in [6, 6.07) is 8.65. The first-order valence-corrected chi connectivity index (χ1v) is 13.3. The van der Waals surface area contributed by atoms with Crippen LogP contribution >= 0.6 is 0 Å². The summed E-state index contributed by atoms with van der Waals surface area (Å²) in [6.07, 6.45) is 8.78. The molecule has 3 heterocycles. The SMILES string of the molecule is CCCCCC1CN(CC(=O)N2CCC(CC(C)C)C2)C(=O)C2=CC(c3ccc(C)cc3)NN21. The van der Waals surface area contributed by atoms with Crippen LogP contribution in [0.15, 0.2) is 36.0 Å². The zero-order valence-corrected chi connectivity index (χ0v) is 21.4. The number of hydrazine groups is 1. The minimum absolute atomic E-state index is 0.0146. The number of fused-ring (bicyclic) bond motifs is 1. The number of piperazine rings is 1. The highest BCUT2D eigenvalue weighted by Crippen LogP contribution is 2.32. The number of nitrogens with zero attached hydrogens (tertiary/aromatic N) is 3. The van der Waals surface area contributed by atoms with E-state index in [4.69, 9.17) is 0 Å². The predicted molar refractivity (Wildman–Crippen MR) is 136 cm³/mol. The lowest BCUT2D eigenvalue weighted by Gasteiger charge is -2.41. The summed E-state index contributed by atoms with van der Waals surface area (Å²) in [5, 5.41) is 2.10. The Labute approximate surface area is 205 Å². The van der Waals surface area contributed by atoms with Gasteiger partial charge in [0.05, 0.1) is 12.1 Å². The molecule has 2 amide bonds. The van der Waals surface area contributed by atoms with E-state index in [1.165, 1.54) is 24.8 Å². The van der Waals surface area contributed by atoms with Crippen molar-refractivity contribution in [2.24, 2.45) is 11.8 Å². The maximum Gasteiger partial charge on any atom is 0.271 e. The van der Waals surface area contributed by atoms with Gasteiger partial charge in [-0.15, -0.1) is 0 Å². The van der Waals surface area contributed by atoms with Crippen molar-refractivity contribution in [1.29, 1.82) is 0 Å². The number of carbonyl (C=O) groups excluding carboxylic acids is 2. The number of benzene rings is 1. The van der Waals surface area contributed by atoms with E-state index >= 15 is 0 Å². The van der Waals surface area contributed by atoms with Crippen LogP contribution in [0.2, 0.25) is 0 Å². The van der Waals surface area contributed by atoms with Crippen molar-refractivity contribution in [2.75, 3.05) is 26.2 Å². The number of unbranched alkanes of at least 4 members (excludes halogenated alkanes) is 2. The Morgan fingerprint density at radius 3 is 2.62 bits per heavy atom. The van der Waals surface area contributed by atoms with E-state index in [1.54, 1.807) is 4.90 Å². The van der Waals surface area contributed by atoms with Crippen LogP contribution in [0.3, 0.4) is 0 Å². The topological polar surface area (TPSA) is 55.9 Å². The molecule has 0 aliphatic carbocycles. The lowest BCUT2D eigenvalue weighted by atomic mass is 9.97. The monoisotopic (exact) mass is 466 g/mol. The molecule has 4 rings (SSSR count). The second-order valence-corrected chi connectivity index (χ2v) is 10.9. The largest absolute Gasteiger partial charge is 0.341 e. The summed E-state index contributed by atoms with van der Waals surface area (Å²) in [5.41, 5.74) is 6.67. The molecule has 1 N–H and O–H groups in total. The fourth-order valence-corrected chi connectivity index (χ4v) is 5.66. The molecule has 1 aromatic rings. The molecule has 3 unspecified atom stereocenters. The summed E-state index contributed by atoms with van der Waals surface area (Å²) < 4.78 is 0. The zero-order valence-electron chi connectivity index (χ0n) is 21.4. The molecule has 6 nitrogen and oxygen atoms in total. The maximum absolute atomic E-state index is 13.5. The van der Waals surface area contributed by atoms with Crippen LogP contribution in [-0.4, -0.2) is 58.8 Å². The molecular formula is C28H42N4O2. The van der Waals surface area contributed by atoms with Crippen LogP contribution in [-0.2, 0) is 9.59 Å². The summed E-state index contributed by atoms with van der Waals surface area (Å²) in [6.45, 7) is 11.2. The molecule has 186 valence electrons. The van der Waals surface area contributed by atoms with E-state index < -0.39 is 0 Å². The molecule has 0 bridgehead atoms. The average Bonchev–Trinajstić information content (AvgIpc) is 3.45.